The first-order valence-corrected chi connectivity index (χ1v) is 7.54. The fraction of sp³-hybridized carbons (Fsp3) is 0.562. The first kappa shape index (κ1) is 15.8. The molecule has 1 amide bonds. The molecule has 1 aliphatic rings. The van der Waals surface area contributed by atoms with Crippen LogP contribution in [0.15, 0.2) is 24.3 Å². The highest BCUT2D eigenvalue weighted by atomic mass is 16.5. The molecule has 0 aliphatic carbocycles. The van der Waals surface area contributed by atoms with Gasteiger partial charge < -0.3 is 20.3 Å². The summed E-state index contributed by atoms with van der Waals surface area (Å²) in [6, 6.07) is 7.59. The molecule has 0 radical (unpaired) electrons. The Hall–Kier alpha value is -1.59. The number of hydrogen-bond donors (Lipinski definition) is 2. The fourth-order valence-corrected chi connectivity index (χ4v) is 2.33. The topological polar surface area (TPSA) is 53.6 Å². The number of likely N-dealkylation sites (N-methyl/N-ethyl adjacent to an activating group) is 1. The third-order valence-corrected chi connectivity index (χ3v) is 3.58. The third kappa shape index (κ3) is 5.36. The van der Waals surface area contributed by atoms with Gasteiger partial charge in [-0.3, -0.25) is 4.79 Å². The van der Waals surface area contributed by atoms with Gasteiger partial charge in [0.15, 0.2) is 0 Å². The number of amides is 1. The van der Waals surface area contributed by atoms with E-state index in [0.29, 0.717) is 6.61 Å². The van der Waals surface area contributed by atoms with Crippen LogP contribution in [-0.4, -0.2) is 51.1 Å². The predicted octanol–water partition coefficient (Wildman–Crippen LogP) is 1.57. The smallest absolute Gasteiger partial charge is 0.228 e. The summed E-state index contributed by atoms with van der Waals surface area (Å²) >= 11 is 0. The molecular weight excluding hydrogens is 266 g/mol. The van der Waals surface area contributed by atoms with Gasteiger partial charge in [-0.05, 0) is 45.6 Å². The van der Waals surface area contributed by atoms with Gasteiger partial charge in [0.2, 0.25) is 5.91 Å². The molecule has 2 N–H and O–H groups in total. The molecule has 0 spiro atoms. The molecule has 116 valence electrons. The quantitative estimate of drug-likeness (QED) is 0.835. The van der Waals surface area contributed by atoms with Crippen molar-refractivity contribution in [1.29, 1.82) is 0 Å². The molecule has 1 heterocycles. The van der Waals surface area contributed by atoms with E-state index in [4.69, 9.17) is 4.74 Å². The standard InChI is InChI=1S/C16H25N3O2/c1-19(2)9-10-21-15-7-3-6-14(11-15)18-16(20)13-5-4-8-17-12-13/h3,6-7,11,13,17H,4-5,8-10,12H2,1-2H3,(H,18,20)/t13-/m1/s1. The van der Waals surface area contributed by atoms with E-state index in [1.807, 2.05) is 38.4 Å². The zero-order valence-corrected chi connectivity index (χ0v) is 12.9. The molecule has 1 fully saturated rings. The Kier molecular flexibility index (Phi) is 6.02. The predicted molar refractivity (Wildman–Crippen MR) is 84.7 cm³/mol. The van der Waals surface area contributed by atoms with Gasteiger partial charge in [0.05, 0.1) is 5.92 Å². The number of anilines is 1. The summed E-state index contributed by atoms with van der Waals surface area (Å²) in [5.74, 6) is 0.945. The molecule has 0 bridgehead atoms. The van der Waals surface area contributed by atoms with E-state index in [2.05, 4.69) is 15.5 Å². The molecule has 0 saturated carbocycles. The van der Waals surface area contributed by atoms with E-state index in [-0.39, 0.29) is 11.8 Å². The number of rotatable bonds is 6. The third-order valence-electron chi connectivity index (χ3n) is 3.58. The molecular formula is C16H25N3O2. The van der Waals surface area contributed by atoms with Crippen molar-refractivity contribution in [2.75, 3.05) is 45.7 Å². The molecule has 1 saturated heterocycles. The average molecular weight is 291 g/mol. The number of ether oxygens (including phenoxy) is 1. The molecule has 5 nitrogen and oxygen atoms in total. The normalized spacial score (nSPS) is 18.5. The second-order valence-electron chi connectivity index (χ2n) is 5.71. The van der Waals surface area contributed by atoms with Gasteiger partial charge in [-0.1, -0.05) is 6.07 Å². The SMILES string of the molecule is CN(C)CCOc1cccc(NC(=O)[C@@H]2CCCNC2)c1. The number of benzene rings is 1. The first-order chi connectivity index (χ1) is 10.1. The molecule has 1 aromatic rings. The van der Waals surface area contributed by atoms with Gasteiger partial charge in [0, 0.05) is 24.8 Å². The number of hydrogen-bond acceptors (Lipinski definition) is 4. The van der Waals surface area contributed by atoms with E-state index in [1.165, 1.54) is 0 Å². The fourth-order valence-electron chi connectivity index (χ4n) is 2.33. The van der Waals surface area contributed by atoms with Crippen molar-refractivity contribution in [1.82, 2.24) is 10.2 Å². The van der Waals surface area contributed by atoms with Crippen molar-refractivity contribution in [3.63, 3.8) is 0 Å². The molecule has 5 heteroatoms. The van der Waals surface area contributed by atoms with Gasteiger partial charge in [-0.25, -0.2) is 0 Å². The number of carbonyl (C=O) groups excluding carboxylic acids is 1. The van der Waals surface area contributed by atoms with Crippen LogP contribution in [0.1, 0.15) is 12.8 Å². The van der Waals surface area contributed by atoms with Gasteiger partial charge in [-0.2, -0.15) is 0 Å². The van der Waals surface area contributed by atoms with E-state index >= 15 is 0 Å². The molecule has 1 aromatic carbocycles. The number of piperidine rings is 1. The van der Waals surface area contributed by atoms with Crippen LogP contribution in [0, 0.1) is 5.92 Å². The largest absolute Gasteiger partial charge is 0.492 e. The highest BCUT2D eigenvalue weighted by Crippen LogP contribution is 2.19. The average Bonchev–Trinajstić information content (AvgIpc) is 2.48. The lowest BCUT2D eigenvalue weighted by molar-refractivity contribution is -0.120. The summed E-state index contributed by atoms with van der Waals surface area (Å²) in [5, 5.41) is 6.24. The van der Waals surface area contributed by atoms with Crippen LogP contribution in [-0.2, 0) is 4.79 Å². The monoisotopic (exact) mass is 291 g/mol. The lowest BCUT2D eigenvalue weighted by Gasteiger charge is -2.22. The summed E-state index contributed by atoms with van der Waals surface area (Å²) < 4.78 is 5.68. The minimum Gasteiger partial charge on any atom is -0.492 e. The van der Waals surface area contributed by atoms with Crippen LogP contribution >= 0.6 is 0 Å². The maximum atomic E-state index is 12.2. The Morgan fingerprint density at radius 2 is 2.33 bits per heavy atom. The molecule has 2 rings (SSSR count). The van der Waals surface area contributed by atoms with E-state index in [1.54, 1.807) is 0 Å². The number of nitrogens with zero attached hydrogens (tertiary/aromatic N) is 1. The van der Waals surface area contributed by atoms with Crippen LogP contribution in [0.2, 0.25) is 0 Å². The Morgan fingerprint density at radius 1 is 1.48 bits per heavy atom. The van der Waals surface area contributed by atoms with Crippen molar-refractivity contribution < 1.29 is 9.53 Å². The van der Waals surface area contributed by atoms with Crippen LogP contribution in [0.5, 0.6) is 5.75 Å². The van der Waals surface area contributed by atoms with Crippen LogP contribution < -0.4 is 15.4 Å². The summed E-state index contributed by atoms with van der Waals surface area (Å²) in [6.07, 6.45) is 2.02. The van der Waals surface area contributed by atoms with Crippen LogP contribution in [0.3, 0.4) is 0 Å². The van der Waals surface area contributed by atoms with Gasteiger partial charge in [-0.15, -0.1) is 0 Å². The minimum atomic E-state index is 0.0667. The Balaban J connectivity index is 1.86. The lowest BCUT2D eigenvalue weighted by atomic mass is 9.99. The van der Waals surface area contributed by atoms with Gasteiger partial charge in [0.25, 0.3) is 0 Å². The van der Waals surface area contributed by atoms with Crippen LogP contribution in [0.4, 0.5) is 5.69 Å². The number of nitrogens with one attached hydrogen (secondary N) is 2. The summed E-state index contributed by atoms with van der Waals surface area (Å²) in [4.78, 5) is 14.3. The van der Waals surface area contributed by atoms with Crippen molar-refractivity contribution in [3.05, 3.63) is 24.3 Å². The Labute approximate surface area is 126 Å². The zero-order valence-electron chi connectivity index (χ0n) is 12.9. The molecule has 21 heavy (non-hydrogen) atoms. The second kappa shape index (κ2) is 8.00. The second-order valence-corrected chi connectivity index (χ2v) is 5.71. The molecule has 1 atom stereocenters. The summed E-state index contributed by atoms with van der Waals surface area (Å²) in [7, 11) is 4.02. The number of carbonyl (C=O) groups is 1. The molecule has 1 aliphatic heterocycles. The van der Waals surface area contributed by atoms with Crippen molar-refractivity contribution in [3.8, 4) is 5.75 Å². The lowest BCUT2D eigenvalue weighted by Crippen LogP contribution is -2.37. The Morgan fingerprint density at radius 3 is 3.05 bits per heavy atom. The maximum absolute atomic E-state index is 12.2. The van der Waals surface area contributed by atoms with Crippen LogP contribution in [0.25, 0.3) is 0 Å². The summed E-state index contributed by atoms with van der Waals surface area (Å²) in [5.41, 5.74) is 0.799. The summed E-state index contributed by atoms with van der Waals surface area (Å²) in [6.45, 7) is 3.28. The first-order valence-electron chi connectivity index (χ1n) is 7.54. The maximum Gasteiger partial charge on any atom is 0.228 e. The van der Waals surface area contributed by atoms with E-state index < -0.39 is 0 Å². The minimum absolute atomic E-state index is 0.0667. The van der Waals surface area contributed by atoms with Gasteiger partial charge in [0.1, 0.15) is 12.4 Å². The molecule has 0 aromatic heterocycles. The van der Waals surface area contributed by atoms with Crippen molar-refractivity contribution >= 4 is 11.6 Å². The molecule has 0 unspecified atom stereocenters. The van der Waals surface area contributed by atoms with Crippen molar-refractivity contribution in [2.45, 2.75) is 12.8 Å². The Bertz CT molecular complexity index is 457. The van der Waals surface area contributed by atoms with Gasteiger partial charge >= 0.3 is 0 Å². The van der Waals surface area contributed by atoms with E-state index in [9.17, 15) is 4.79 Å². The zero-order chi connectivity index (χ0) is 15.1. The van der Waals surface area contributed by atoms with Crippen molar-refractivity contribution in [2.24, 2.45) is 5.92 Å². The highest BCUT2D eigenvalue weighted by molar-refractivity contribution is 5.92. The van der Waals surface area contributed by atoms with E-state index in [0.717, 1.165) is 43.9 Å². The highest BCUT2D eigenvalue weighted by Gasteiger charge is 2.20.